The zero-order valence-corrected chi connectivity index (χ0v) is 45.9. The van der Waals surface area contributed by atoms with E-state index in [2.05, 4.69) is 62.5 Å². The summed E-state index contributed by atoms with van der Waals surface area (Å²) in [5, 5.41) is 0. The average Bonchev–Trinajstić information content (AvgIpc) is 3.34. The molecule has 10 heteroatoms. The number of allylic oxidation sites excluding steroid dienone is 8. The molecule has 0 saturated heterocycles. The molecule has 69 heavy (non-hydrogen) atoms. The summed E-state index contributed by atoms with van der Waals surface area (Å²) >= 11 is 0. The van der Waals surface area contributed by atoms with Crippen LogP contribution in [0.3, 0.4) is 0 Å². The number of hydrogen-bond donors (Lipinski definition) is 2. The normalized spacial score (nSPS) is 13.4. The maximum atomic E-state index is 12.7. The van der Waals surface area contributed by atoms with Crippen molar-refractivity contribution in [3.05, 3.63) is 48.6 Å². The second kappa shape index (κ2) is 55.3. The smallest absolute Gasteiger partial charge is 0.462 e. The van der Waals surface area contributed by atoms with Crippen LogP contribution in [0.1, 0.15) is 284 Å². The topological polar surface area (TPSA) is 134 Å². The number of carbonyl (C=O) groups excluding carboxylic acids is 2. The molecule has 3 N–H and O–H groups in total. The van der Waals surface area contributed by atoms with E-state index in [1.54, 1.807) is 0 Å². The molecule has 0 aromatic rings. The summed E-state index contributed by atoms with van der Waals surface area (Å²) in [4.78, 5) is 35.2. The summed E-state index contributed by atoms with van der Waals surface area (Å²) in [6.45, 7) is 3.75. The summed E-state index contributed by atoms with van der Waals surface area (Å²) in [6.07, 6.45) is 67.4. The molecular formula is C59H110NO8P. The van der Waals surface area contributed by atoms with E-state index in [1.165, 1.54) is 180 Å². The molecule has 0 fully saturated rings. The van der Waals surface area contributed by atoms with Gasteiger partial charge >= 0.3 is 19.8 Å². The number of phosphoric acid groups is 1. The SMILES string of the molecule is CCCCCCC/C=C\C/C=C\C/C=C\CCCCCCCCC(=O)OC(COC(=O)CCCCCCCCCCCCCCCCC/C=C\CCCCCCCCCC)COP(=O)(O)OCCN. The fourth-order valence-corrected chi connectivity index (χ4v) is 9.11. The lowest BCUT2D eigenvalue weighted by atomic mass is 10.0. The molecule has 2 atom stereocenters. The predicted molar refractivity (Wildman–Crippen MR) is 293 cm³/mol. The summed E-state index contributed by atoms with van der Waals surface area (Å²) < 4.78 is 33.0. The minimum atomic E-state index is -4.39. The van der Waals surface area contributed by atoms with E-state index < -0.39 is 26.5 Å². The first-order valence-electron chi connectivity index (χ1n) is 29.1. The van der Waals surface area contributed by atoms with Crippen molar-refractivity contribution in [2.24, 2.45) is 5.73 Å². The van der Waals surface area contributed by atoms with Crippen molar-refractivity contribution >= 4 is 19.8 Å². The second-order valence-corrected chi connectivity index (χ2v) is 21.0. The first kappa shape index (κ1) is 67.0. The highest BCUT2D eigenvalue weighted by Crippen LogP contribution is 2.43. The quantitative estimate of drug-likeness (QED) is 0.0264. The van der Waals surface area contributed by atoms with Gasteiger partial charge in [0.25, 0.3) is 0 Å². The summed E-state index contributed by atoms with van der Waals surface area (Å²) in [6, 6.07) is 0. The molecule has 404 valence electrons. The van der Waals surface area contributed by atoms with Gasteiger partial charge in [0.2, 0.25) is 0 Å². The molecule has 0 aromatic carbocycles. The van der Waals surface area contributed by atoms with E-state index >= 15 is 0 Å². The molecule has 0 bridgehead atoms. The molecule has 0 aliphatic rings. The van der Waals surface area contributed by atoms with Crippen molar-refractivity contribution < 1.29 is 37.6 Å². The van der Waals surface area contributed by atoms with Gasteiger partial charge in [-0.05, 0) is 77.0 Å². The van der Waals surface area contributed by atoms with Crippen LogP contribution >= 0.6 is 7.82 Å². The number of hydrogen-bond acceptors (Lipinski definition) is 8. The molecule has 0 saturated carbocycles. The minimum absolute atomic E-state index is 0.0506. The lowest BCUT2D eigenvalue weighted by Crippen LogP contribution is -2.29. The Hall–Kier alpha value is -2.03. The van der Waals surface area contributed by atoms with Crippen LogP contribution in [0.25, 0.3) is 0 Å². The maximum Gasteiger partial charge on any atom is 0.472 e. The third-order valence-corrected chi connectivity index (χ3v) is 13.7. The molecule has 0 spiro atoms. The van der Waals surface area contributed by atoms with E-state index in [1.807, 2.05) is 0 Å². The van der Waals surface area contributed by atoms with Crippen molar-refractivity contribution in [3.63, 3.8) is 0 Å². The van der Waals surface area contributed by atoms with Crippen LogP contribution in [0.4, 0.5) is 0 Å². The molecule has 0 amide bonds. The van der Waals surface area contributed by atoms with Crippen molar-refractivity contribution in [1.29, 1.82) is 0 Å². The molecule has 0 rings (SSSR count). The van der Waals surface area contributed by atoms with Gasteiger partial charge in [-0.2, -0.15) is 0 Å². The molecular weight excluding hydrogens is 882 g/mol. The standard InChI is InChI=1S/C59H110NO8P/c1-3-5-7-9-11-13-15-17-19-21-23-25-26-27-28-29-30-32-33-35-37-39-41-43-45-47-49-51-58(61)65-55-57(56-67-69(63,64)66-54-53-60)68-59(62)52-50-48-46-44-42-40-38-36-34-31-24-22-20-18-16-14-12-10-8-6-4-2/h16,18,21-24,34,36,57H,3-15,17,19-20,25-33,35,37-56,60H2,1-2H3,(H,63,64)/b18-16-,23-21-,24-22-,36-34-. The Morgan fingerprint density at radius 1 is 0.435 bits per heavy atom. The first-order valence-corrected chi connectivity index (χ1v) is 30.6. The van der Waals surface area contributed by atoms with E-state index in [0.717, 1.165) is 70.6 Å². The van der Waals surface area contributed by atoms with Gasteiger partial charge in [0.15, 0.2) is 6.10 Å². The molecule has 9 nitrogen and oxygen atoms in total. The number of esters is 2. The largest absolute Gasteiger partial charge is 0.472 e. The highest BCUT2D eigenvalue weighted by atomic mass is 31.2. The van der Waals surface area contributed by atoms with Gasteiger partial charge in [-0.3, -0.25) is 18.6 Å². The number of ether oxygens (including phenoxy) is 2. The number of rotatable bonds is 55. The number of carbonyl (C=O) groups is 2. The third kappa shape index (κ3) is 55.1. The molecule has 0 heterocycles. The van der Waals surface area contributed by atoms with Gasteiger partial charge in [0, 0.05) is 19.4 Å². The zero-order chi connectivity index (χ0) is 50.2. The Morgan fingerprint density at radius 2 is 0.754 bits per heavy atom. The minimum Gasteiger partial charge on any atom is -0.462 e. The van der Waals surface area contributed by atoms with E-state index in [0.29, 0.717) is 6.42 Å². The van der Waals surface area contributed by atoms with Crippen molar-refractivity contribution in [3.8, 4) is 0 Å². The molecule has 0 radical (unpaired) electrons. The van der Waals surface area contributed by atoms with Crippen LogP contribution in [0, 0.1) is 0 Å². The lowest BCUT2D eigenvalue weighted by Gasteiger charge is -2.19. The maximum absolute atomic E-state index is 12.7. The lowest BCUT2D eigenvalue weighted by molar-refractivity contribution is -0.161. The van der Waals surface area contributed by atoms with E-state index in [4.69, 9.17) is 24.3 Å². The van der Waals surface area contributed by atoms with E-state index in [9.17, 15) is 19.0 Å². The Bertz CT molecular complexity index is 1270. The van der Waals surface area contributed by atoms with Crippen LogP contribution in [0.5, 0.6) is 0 Å². The fraction of sp³-hybridized carbons (Fsp3) is 0.831. The summed E-state index contributed by atoms with van der Waals surface area (Å²) in [7, 11) is -4.39. The van der Waals surface area contributed by atoms with Crippen LogP contribution in [-0.4, -0.2) is 49.3 Å². The average molecular weight is 993 g/mol. The summed E-state index contributed by atoms with van der Waals surface area (Å²) in [5.41, 5.74) is 5.38. The van der Waals surface area contributed by atoms with Crippen molar-refractivity contribution in [2.45, 2.75) is 290 Å². The van der Waals surface area contributed by atoms with Crippen LogP contribution < -0.4 is 5.73 Å². The van der Waals surface area contributed by atoms with Gasteiger partial charge < -0.3 is 20.1 Å². The van der Waals surface area contributed by atoms with Crippen LogP contribution in [-0.2, 0) is 32.7 Å². The third-order valence-electron chi connectivity index (χ3n) is 12.7. The Balaban J connectivity index is 3.97. The zero-order valence-electron chi connectivity index (χ0n) is 45.1. The van der Waals surface area contributed by atoms with Crippen molar-refractivity contribution in [1.82, 2.24) is 0 Å². The molecule has 0 aliphatic heterocycles. The number of unbranched alkanes of at least 4 members (excludes halogenated alkanes) is 34. The first-order chi connectivity index (χ1) is 33.8. The van der Waals surface area contributed by atoms with Gasteiger partial charge in [-0.1, -0.05) is 242 Å². The fourth-order valence-electron chi connectivity index (χ4n) is 8.35. The number of phosphoric ester groups is 1. The van der Waals surface area contributed by atoms with Gasteiger partial charge in [0.05, 0.1) is 13.2 Å². The Kier molecular flexibility index (Phi) is 53.7. The predicted octanol–water partition coefficient (Wildman–Crippen LogP) is 18.2. The monoisotopic (exact) mass is 992 g/mol. The molecule has 2 unspecified atom stereocenters. The van der Waals surface area contributed by atoms with Gasteiger partial charge in [-0.15, -0.1) is 0 Å². The van der Waals surface area contributed by atoms with Gasteiger partial charge in [0.1, 0.15) is 6.61 Å². The Morgan fingerprint density at radius 3 is 1.13 bits per heavy atom. The van der Waals surface area contributed by atoms with Crippen molar-refractivity contribution in [2.75, 3.05) is 26.4 Å². The molecule has 0 aliphatic carbocycles. The number of nitrogens with two attached hydrogens (primary N) is 1. The Labute approximate surface area is 426 Å². The van der Waals surface area contributed by atoms with E-state index in [-0.39, 0.29) is 38.6 Å². The molecule has 0 aromatic heterocycles. The highest BCUT2D eigenvalue weighted by molar-refractivity contribution is 7.47. The van der Waals surface area contributed by atoms with Gasteiger partial charge in [-0.25, -0.2) is 4.57 Å². The van der Waals surface area contributed by atoms with Crippen LogP contribution in [0.2, 0.25) is 0 Å². The van der Waals surface area contributed by atoms with Crippen LogP contribution in [0.15, 0.2) is 48.6 Å². The highest BCUT2D eigenvalue weighted by Gasteiger charge is 2.26. The second-order valence-electron chi connectivity index (χ2n) is 19.5. The summed E-state index contributed by atoms with van der Waals surface area (Å²) in [5.74, 6) is -0.833.